The predicted octanol–water partition coefficient (Wildman–Crippen LogP) is 4.11. The van der Waals surface area contributed by atoms with Crippen LogP contribution in [0.5, 0.6) is 11.5 Å². The molecule has 0 bridgehead atoms. The zero-order chi connectivity index (χ0) is 15.4. The van der Waals surface area contributed by atoms with Crippen LogP contribution in [0.15, 0.2) is 34.8 Å². The Morgan fingerprint density at radius 1 is 1.14 bits per heavy atom. The van der Waals surface area contributed by atoms with E-state index in [4.69, 9.17) is 15.2 Å². The van der Waals surface area contributed by atoms with Gasteiger partial charge in [0.1, 0.15) is 6.61 Å². The first-order valence-corrected chi connectivity index (χ1v) is 7.60. The Kier molecular flexibility index (Phi) is 5.26. The first-order valence-electron chi connectivity index (χ1n) is 6.81. The summed E-state index contributed by atoms with van der Waals surface area (Å²) in [5, 5.41) is 0. The lowest BCUT2D eigenvalue weighted by Gasteiger charge is -2.16. The third-order valence-electron chi connectivity index (χ3n) is 3.53. The summed E-state index contributed by atoms with van der Waals surface area (Å²) in [5.41, 5.74) is 10.3. The van der Waals surface area contributed by atoms with Gasteiger partial charge in [0.25, 0.3) is 0 Å². The summed E-state index contributed by atoms with van der Waals surface area (Å²) < 4.78 is 12.3. The van der Waals surface area contributed by atoms with E-state index in [0.29, 0.717) is 24.7 Å². The number of nitrogens with two attached hydrogens (primary N) is 1. The Labute approximate surface area is 134 Å². The summed E-state index contributed by atoms with van der Waals surface area (Å²) in [4.78, 5) is 0. The average Bonchev–Trinajstić information content (AvgIpc) is 2.47. The number of rotatable bonds is 5. The molecule has 2 aromatic rings. The van der Waals surface area contributed by atoms with Crippen molar-refractivity contribution < 1.29 is 9.47 Å². The summed E-state index contributed by atoms with van der Waals surface area (Å²) in [6.45, 7) is 5.16. The van der Waals surface area contributed by atoms with E-state index < -0.39 is 0 Å². The highest BCUT2D eigenvalue weighted by Gasteiger charge is 2.12. The molecule has 0 saturated carbocycles. The SMILES string of the molecule is COc1cc(CN)cc(Br)c1OCc1c(C)cccc1C. The third kappa shape index (κ3) is 3.57. The second-order valence-electron chi connectivity index (χ2n) is 4.97. The fourth-order valence-electron chi connectivity index (χ4n) is 2.25. The molecule has 0 aliphatic heterocycles. The molecule has 2 N–H and O–H groups in total. The molecule has 0 atom stereocenters. The van der Waals surface area contributed by atoms with Crippen molar-refractivity contribution in [2.24, 2.45) is 5.73 Å². The number of methoxy groups -OCH3 is 1. The Morgan fingerprint density at radius 3 is 2.38 bits per heavy atom. The van der Waals surface area contributed by atoms with Crippen LogP contribution in [0, 0.1) is 13.8 Å². The van der Waals surface area contributed by atoms with E-state index in [-0.39, 0.29) is 0 Å². The maximum atomic E-state index is 5.99. The highest BCUT2D eigenvalue weighted by atomic mass is 79.9. The zero-order valence-electron chi connectivity index (χ0n) is 12.6. The number of hydrogen-bond acceptors (Lipinski definition) is 3. The molecular formula is C17H20BrNO2. The Morgan fingerprint density at radius 2 is 1.81 bits per heavy atom. The van der Waals surface area contributed by atoms with Crippen LogP contribution < -0.4 is 15.2 Å². The lowest BCUT2D eigenvalue weighted by molar-refractivity contribution is 0.281. The fraction of sp³-hybridized carbons (Fsp3) is 0.294. The quantitative estimate of drug-likeness (QED) is 0.883. The zero-order valence-corrected chi connectivity index (χ0v) is 14.2. The van der Waals surface area contributed by atoms with Crippen LogP contribution in [-0.2, 0) is 13.2 Å². The van der Waals surface area contributed by atoms with Gasteiger partial charge in [0.2, 0.25) is 0 Å². The molecule has 3 nitrogen and oxygen atoms in total. The molecule has 2 aromatic carbocycles. The van der Waals surface area contributed by atoms with Crippen molar-refractivity contribution in [1.82, 2.24) is 0 Å². The summed E-state index contributed by atoms with van der Waals surface area (Å²) >= 11 is 3.53. The molecule has 0 saturated heterocycles. The van der Waals surface area contributed by atoms with Crippen LogP contribution in [0.1, 0.15) is 22.3 Å². The largest absolute Gasteiger partial charge is 0.493 e. The van der Waals surface area contributed by atoms with Crippen LogP contribution in [0.2, 0.25) is 0 Å². The van der Waals surface area contributed by atoms with E-state index in [2.05, 4.69) is 48.0 Å². The molecule has 0 fully saturated rings. The number of aryl methyl sites for hydroxylation is 2. The molecule has 112 valence electrons. The molecule has 0 aliphatic carbocycles. The fourth-order valence-corrected chi connectivity index (χ4v) is 2.86. The highest BCUT2D eigenvalue weighted by molar-refractivity contribution is 9.10. The van der Waals surface area contributed by atoms with Gasteiger partial charge in [-0.1, -0.05) is 18.2 Å². The van der Waals surface area contributed by atoms with Crippen LogP contribution in [0.3, 0.4) is 0 Å². The van der Waals surface area contributed by atoms with Crippen LogP contribution in [-0.4, -0.2) is 7.11 Å². The van der Waals surface area contributed by atoms with Gasteiger partial charge in [-0.3, -0.25) is 0 Å². The summed E-state index contributed by atoms with van der Waals surface area (Å²) in [6.07, 6.45) is 0. The number of halogens is 1. The second kappa shape index (κ2) is 6.96. The molecule has 0 spiro atoms. The van der Waals surface area contributed by atoms with Gasteiger partial charge >= 0.3 is 0 Å². The third-order valence-corrected chi connectivity index (χ3v) is 4.12. The van der Waals surface area contributed by atoms with E-state index in [1.165, 1.54) is 16.7 Å². The van der Waals surface area contributed by atoms with Crippen molar-refractivity contribution in [1.29, 1.82) is 0 Å². The summed E-state index contributed by atoms with van der Waals surface area (Å²) in [6, 6.07) is 10.1. The standard InChI is InChI=1S/C17H20BrNO2/c1-11-5-4-6-12(2)14(11)10-21-17-15(18)7-13(9-19)8-16(17)20-3/h4-8H,9-10,19H2,1-3H3. The second-order valence-corrected chi connectivity index (χ2v) is 5.83. The van der Waals surface area contributed by atoms with Gasteiger partial charge in [-0.15, -0.1) is 0 Å². The van der Waals surface area contributed by atoms with Gasteiger partial charge < -0.3 is 15.2 Å². The van der Waals surface area contributed by atoms with E-state index in [0.717, 1.165) is 10.0 Å². The molecule has 4 heteroatoms. The molecular weight excluding hydrogens is 330 g/mol. The summed E-state index contributed by atoms with van der Waals surface area (Å²) in [7, 11) is 1.63. The average molecular weight is 350 g/mol. The molecule has 0 aromatic heterocycles. The van der Waals surface area contributed by atoms with Crippen molar-refractivity contribution in [3.63, 3.8) is 0 Å². The molecule has 0 unspecified atom stereocenters. The maximum absolute atomic E-state index is 5.99. The summed E-state index contributed by atoms with van der Waals surface area (Å²) in [5.74, 6) is 1.40. The number of ether oxygens (including phenoxy) is 2. The van der Waals surface area contributed by atoms with Crippen LogP contribution in [0.4, 0.5) is 0 Å². The molecule has 21 heavy (non-hydrogen) atoms. The van der Waals surface area contributed by atoms with Gasteiger partial charge in [-0.05, 0) is 64.2 Å². The van der Waals surface area contributed by atoms with Crippen LogP contribution in [0.25, 0.3) is 0 Å². The number of benzene rings is 2. The van der Waals surface area contributed by atoms with Crippen molar-refractivity contribution in [3.05, 3.63) is 57.1 Å². The molecule has 2 rings (SSSR count). The van der Waals surface area contributed by atoms with Crippen molar-refractivity contribution in [2.45, 2.75) is 27.0 Å². The molecule has 0 radical (unpaired) electrons. The first-order chi connectivity index (χ1) is 10.1. The van der Waals surface area contributed by atoms with Crippen molar-refractivity contribution in [2.75, 3.05) is 7.11 Å². The first kappa shape index (κ1) is 15.9. The molecule has 0 heterocycles. The van der Waals surface area contributed by atoms with Gasteiger partial charge in [0, 0.05) is 6.54 Å². The van der Waals surface area contributed by atoms with E-state index in [1.54, 1.807) is 7.11 Å². The van der Waals surface area contributed by atoms with Gasteiger partial charge in [-0.2, -0.15) is 0 Å². The van der Waals surface area contributed by atoms with E-state index in [1.807, 2.05) is 12.1 Å². The van der Waals surface area contributed by atoms with E-state index >= 15 is 0 Å². The minimum absolute atomic E-state index is 0.464. The van der Waals surface area contributed by atoms with Crippen molar-refractivity contribution in [3.8, 4) is 11.5 Å². The van der Waals surface area contributed by atoms with Crippen LogP contribution >= 0.6 is 15.9 Å². The topological polar surface area (TPSA) is 44.5 Å². The smallest absolute Gasteiger partial charge is 0.175 e. The maximum Gasteiger partial charge on any atom is 0.175 e. The number of hydrogen-bond donors (Lipinski definition) is 1. The monoisotopic (exact) mass is 349 g/mol. The minimum Gasteiger partial charge on any atom is -0.493 e. The molecule has 0 amide bonds. The Balaban J connectivity index is 2.28. The van der Waals surface area contributed by atoms with E-state index in [9.17, 15) is 0 Å². The predicted molar refractivity (Wildman–Crippen MR) is 88.8 cm³/mol. The molecule has 0 aliphatic rings. The van der Waals surface area contributed by atoms with Gasteiger partial charge in [0.05, 0.1) is 11.6 Å². The minimum atomic E-state index is 0.464. The van der Waals surface area contributed by atoms with Gasteiger partial charge in [0.15, 0.2) is 11.5 Å². The lowest BCUT2D eigenvalue weighted by Crippen LogP contribution is -2.04. The Hall–Kier alpha value is -1.52. The van der Waals surface area contributed by atoms with Gasteiger partial charge in [-0.25, -0.2) is 0 Å². The normalized spacial score (nSPS) is 10.5. The Bertz CT molecular complexity index is 621. The van der Waals surface area contributed by atoms with Crippen molar-refractivity contribution >= 4 is 15.9 Å². The highest BCUT2D eigenvalue weighted by Crippen LogP contribution is 2.37. The lowest BCUT2D eigenvalue weighted by atomic mass is 10.0.